The molecule has 0 spiro atoms. The SMILES string of the molecule is Cc1cc(NC(=O)CCSc2ccc(C)c(C)c2)no1. The Kier molecular flexibility index (Phi) is 4.84. The molecule has 0 aliphatic carbocycles. The minimum atomic E-state index is -0.0466. The molecule has 0 unspecified atom stereocenters. The first kappa shape index (κ1) is 14.7. The lowest BCUT2D eigenvalue weighted by Crippen LogP contribution is -2.12. The van der Waals surface area contributed by atoms with Gasteiger partial charge in [-0.25, -0.2) is 0 Å². The second-order valence-corrected chi connectivity index (χ2v) is 5.88. The summed E-state index contributed by atoms with van der Waals surface area (Å²) in [5.74, 6) is 1.86. The van der Waals surface area contributed by atoms with E-state index in [4.69, 9.17) is 4.52 Å². The summed E-state index contributed by atoms with van der Waals surface area (Å²) in [5, 5.41) is 6.44. The number of hydrogen-bond acceptors (Lipinski definition) is 4. The van der Waals surface area contributed by atoms with Crippen LogP contribution in [0.3, 0.4) is 0 Å². The summed E-state index contributed by atoms with van der Waals surface area (Å²) in [4.78, 5) is 12.9. The van der Waals surface area contributed by atoms with Crippen molar-refractivity contribution in [2.75, 3.05) is 11.1 Å². The highest BCUT2D eigenvalue weighted by atomic mass is 32.2. The number of nitrogens with one attached hydrogen (secondary N) is 1. The molecule has 1 amide bonds. The lowest BCUT2D eigenvalue weighted by Gasteiger charge is -2.05. The molecule has 1 N–H and O–H groups in total. The molecule has 1 aromatic heterocycles. The molecule has 0 atom stereocenters. The molecule has 4 nitrogen and oxygen atoms in total. The van der Waals surface area contributed by atoms with Crippen molar-refractivity contribution in [3.05, 3.63) is 41.2 Å². The van der Waals surface area contributed by atoms with E-state index in [-0.39, 0.29) is 5.91 Å². The molecule has 2 aromatic rings. The Hall–Kier alpha value is -1.75. The Morgan fingerprint density at radius 3 is 2.70 bits per heavy atom. The topological polar surface area (TPSA) is 55.1 Å². The molecule has 0 saturated carbocycles. The quantitative estimate of drug-likeness (QED) is 0.853. The zero-order valence-electron chi connectivity index (χ0n) is 11.9. The number of hydrogen-bond donors (Lipinski definition) is 1. The zero-order valence-corrected chi connectivity index (χ0v) is 12.7. The van der Waals surface area contributed by atoms with Gasteiger partial charge < -0.3 is 9.84 Å². The lowest BCUT2D eigenvalue weighted by atomic mass is 10.1. The average Bonchev–Trinajstić information content (AvgIpc) is 2.79. The molecular formula is C15H18N2O2S. The molecule has 1 aromatic carbocycles. The number of thioether (sulfide) groups is 1. The van der Waals surface area contributed by atoms with Crippen LogP contribution in [0.4, 0.5) is 5.82 Å². The number of nitrogens with zero attached hydrogens (tertiary/aromatic N) is 1. The summed E-state index contributed by atoms with van der Waals surface area (Å²) >= 11 is 1.68. The Morgan fingerprint density at radius 1 is 1.25 bits per heavy atom. The van der Waals surface area contributed by atoms with E-state index in [9.17, 15) is 4.79 Å². The van der Waals surface area contributed by atoms with Gasteiger partial charge in [-0.2, -0.15) is 0 Å². The first-order chi connectivity index (χ1) is 9.54. The van der Waals surface area contributed by atoms with Crippen molar-refractivity contribution in [2.45, 2.75) is 32.1 Å². The summed E-state index contributed by atoms with van der Waals surface area (Å²) in [6.07, 6.45) is 0.448. The number of amides is 1. The van der Waals surface area contributed by atoms with E-state index in [1.165, 1.54) is 16.0 Å². The van der Waals surface area contributed by atoms with E-state index in [0.717, 1.165) is 5.75 Å². The molecule has 5 heteroatoms. The molecular weight excluding hydrogens is 272 g/mol. The largest absolute Gasteiger partial charge is 0.360 e. The van der Waals surface area contributed by atoms with E-state index in [1.54, 1.807) is 24.8 Å². The van der Waals surface area contributed by atoms with Crippen LogP contribution in [0, 0.1) is 20.8 Å². The second kappa shape index (κ2) is 6.61. The normalized spacial score (nSPS) is 10.6. The number of carbonyl (C=O) groups is 1. The number of carbonyl (C=O) groups excluding carboxylic acids is 1. The standard InChI is InChI=1S/C15H18N2O2S/c1-10-4-5-13(8-11(10)2)20-7-6-15(18)16-14-9-12(3)19-17-14/h4-5,8-9H,6-7H2,1-3H3,(H,16,17,18). The van der Waals surface area contributed by atoms with Gasteiger partial charge in [0.15, 0.2) is 5.82 Å². The smallest absolute Gasteiger partial charge is 0.226 e. The van der Waals surface area contributed by atoms with E-state index in [0.29, 0.717) is 18.0 Å². The summed E-state index contributed by atoms with van der Waals surface area (Å²) in [5.41, 5.74) is 2.56. The minimum Gasteiger partial charge on any atom is -0.360 e. The van der Waals surface area contributed by atoms with E-state index in [2.05, 4.69) is 42.5 Å². The van der Waals surface area contributed by atoms with Crippen molar-refractivity contribution in [3.8, 4) is 0 Å². The van der Waals surface area contributed by atoms with E-state index >= 15 is 0 Å². The number of anilines is 1. The van der Waals surface area contributed by atoms with Crippen LogP contribution in [0.1, 0.15) is 23.3 Å². The van der Waals surface area contributed by atoms with Crippen LogP contribution in [0.15, 0.2) is 33.7 Å². The second-order valence-electron chi connectivity index (χ2n) is 4.72. The van der Waals surface area contributed by atoms with Crippen LogP contribution in [0.2, 0.25) is 0 Å². The Labute approximate surface area is 122 Å². The highest BCUT2D eigenvalue weighted by molar-refractivity contribution is 7.99. The van der Waals surface area contributed by atoms with Gasteiger partial charge >= 0.3 is 0 Å². The van der Waals surface area contributed by atoms with E-state index in [1.807, 2.05) is 0 Å². The third kappa shape index (κ3) is 4.13. The lowest BCUT2D eigenvalue weighted by molar-refractivity contribution is -0.115. The summed E-state index contributed by atoms with van der Waals surface area (Å²) in [7, 11) is 0. The molecule has 0 radical (unpaired) electrons. The number of aryl methyl sites for hydroxylation is 3. The molecule has 0 bridgehead atoms. The van der Waals surface area contributed by atoms with Gasteiger partial charge in [0.1, 0.15) is 5.76 Å². The molecule has 0 saturated heterocycles. The third-order valence-corrected chi connectivity index (χ3v) is 3.97. The first-order valence-corrected chi connectivity index (χ1v) is 7.46. The van der Waals surface area contributed by atoms with Gasteiger partial charge in [0.2, 0.25) is 5.91 Å². The Bertz CT molecular complexity index is 608. The maximum absolute atomic E-state index is 11.7. The van der Waals surface area contributed by atoms with Gasteiger partial charge in [0.25, 0.3) is 0 Å². The maximum Gasteiger partial charge on any atom is 0.226 e. The van der Waals surface area contributed by atoms with Crippen molar-refractivity contribution in [1.82, 2.24) is 5.16 Å². The summed E-state index contributed by atoms with van der Waals surface area (Å²) < 4.78 is 4.89. The Balaban J connectivity index is 1.77. The van der Waals surface area contributed by atoms with Crippen molar-refractivity contribution in [3.63, 3.8) is 0 Å². The molecule has 0 fully saturated rings. The van der Waals surface area contributed by atoms with Crippen LogP contribution < -0.4 is 5.32 Å². The van der Waals surface area contributed by atoms with Crippen molar-refractivity contribution < 1.29 is 9.32 Å². The van der Waals surface area contributed by atoms with Crippen LogP contribution >= 0.6 is 11.8 Å². The fourth-order valence-electron chi connectivity index (χ4n) is 1.70. The zero-order chi connectivity index (χ0) is 14.5. The predicted octanol–water partition coefficient (Wildman–Crippen LogP) is 3.72. The van der Waals surface area contributed by atoms with Crippen molar-refractivity contribution in [1.29, 1.82) is 0 Å². The summed E-state index contributed by atoms with van der Waals surface area (Å²) in [6, 6.07) is 8.05. The molecule has 0 aliphatic rings. The molecule has 2 rings (SSSR count). The maximum atomic E-state index is 11.7. The van der Waals surface area contributed by atoms with E-state index < -0.39 is 0 Å². The van der Waals surface area contributed by atoms with Crippen LogP contribution in [0.5, 0.6) is 0 Å². The number of benzene rings is 1. The molecule has 106 valence electrons. The van der Waals surface area contributed by atoms with Crippen LogP contribution in [-0.2, 0) is 4.79 Å². The number of rotatable bonds is 5. The van der Waals surface area contributed by atoms with Crippen LogP contribution in [-0.4, -0.2) is 16.8 Å². The molecule has 20 heavy (non-hydrogen) atoms. The van der Waals surface area contributed by atoms with Crippen molar-refractivity contribution >= 4 is 23.5 Å². The minimum absolute atomic E-state index is 0.0466. The molecule has 1 heterocycles. The van der Waals surface area contributed by atoms with Gasteiger partial charge in [-0.15, -0.1) is 11.8 Å². The summed E-state index contributed by atoms with van der Waals surface area (Å²) in [6.45, 7) is 5.98. The first-order valence-electron chi connectivity index (χ1n) is 6.48. The Morgan fingerprint density at radius 2 is 2.05 bits per heavy atom. The monoisotopic (exact) mass is 290 g/mol. The van der Waals surface area contributed by atoms with Crippen molar-refractivity contribution in [2.24, 2.45) is 0 Å². The fourth-order valence-corrected chi connectivity index (χ4v) is 2.64. The third-order valence-electron chi connectivity index (χ3n) is 2.97. The van der Waals surface area contributed by atoms with Gasteiger partial charge in [0.05, 0.1) is 0 Å². The number of aromatic nitrogens is 1. The highest BCUT2D eigenvalue weighted by Gasteiger charge is 2.06. The van der Waals surface area contributed by atoms with Gasteiger partial charge in [-0.1, -0.05) is 11.2 Å². The highest BCUT2D eigenvalue weighted by Crippen LogP contribution is 2.21. The van der Waals surface area contributed by atoms with Gasteiger partial charge in [-0.3, -0.25) is 4.79 Å². The molecule has 0 aliphatic heterocycles. The predicted molar refractivity (Wildman–Crippen MR) is 81.1 cm³/mol. The van der Waals surface area contributed by atoms with Gasteiger partial charge in [-0.05, 0) is 44.0 Å². The van der Waals surface area contributed by atoms with Crippen LogP contribution in [0.25, 0.3) is 0 Å². The average molecular weight is 290 g/mol. The van der Waals surface area contributed by atoms with Gasteiger partial charge in [0, 0.05) is 23.1 Å². The fraction of sp³-hybridized carbons (Fsp3) is 0.333.